The monoisotopic (exact) mass is 442 g/mol. The molecule has 0 atom stereocenters. The third kappa shape index (κ3) is 5.54. The predicted molar refractivity (Wildman–Crippen MR) is 127 cm³/mol. The second-order valence-corrected chi connectivity index (χ2v) is 7.66. The number of aryl methyl sites for hydroxylation is 1. The van der Waals surface area contributed by atoms with Crippen molar-refractivity contribution < 1.29 is 18.7 Å². The first-order valence-corrected chi connectivity index (χ1v) is 10.5. The van der Waals surface area contributed by atoms with Gasteiger partial charge in [-0.1, -0.05) is 60.7 Å². The summed E-state index contributed by atoms with van der Waals surface area (Å²) in [5.74, 6) is -0.900. The summed E-state index contributed by atoms with van der Waals surface area (Å²) in [5.41, 5.74) is 2.41. The Kier molecular flexibility index (Phi) is 6.64. The predicted octanol–water partition coefficient (Wildman–Crippen LogP) is 5.23. The summed E-state index contributed by atoms with van der Waals surface area (Å²) in [4.78, 5) is 25.4. The van der Waals surface area contributed by atoms with Crippen LogP contribution in [0.3, 0.4) is 0 Å². The molecule has 2 N–H and O–H groups in total. The summed E-state index contributed by atoms with van der Waals surface area (Å²) >= 11 is 0. The minimum Gasteiger partial charge on any atom is -0.483 e. The third-order valence-electron chi connectivity index (χ3n) is 5.22. The van der Waals surface area contributed by atoms with Crippen LogP contribution in [0.2, 0.25) is 0 Å². The smallest absolute Gasteiger partial charge is 0.262 e. The molecule has 4 aromatic rings. The summed E-state index contributed by atoms with van der Waals surface area (Å²) in [6.07, 6.45) is 0. The first-order chi connectivity index (χ1) is 16.0. The van der Waals surface area contributed by atoms with E-state index in [0.29, 0.717) is 23.5 Å². The van der Waals surface area contributed by atoms with Crippen LogP contribution < -0.4 is 15.4 Å². The minimum absolute atomic E-state index is 0.297. The number of anilines is 1. The van der Waals surface area contributed by atoms with E-state index in [-0.39, 0.29) is 12.5 Å². The van der Waals surface area contributed by atoms with Crippen molar-refractivity contribution in [1.82, 2.24) is 5.32 Å². The third-order valence-corrected chi connectivity index (χ3v) is 5.22. The summed E-state index contributed by atoms with van der Waals surface area (Å²) in [5, 5.41) is 7.32. The van der Waals surface area contributed by atoms with Crippen LogP contribution in [0.4, 0.5) is 10.1 Å². The van der Waals surface area contributed by atoms with Gasteiger partial charge in [-0.2, -0.15) is 0 Å². The van der Waals surface area contributed by atoms with Gasteiger partial charge in [0.15, 0.2) is 6.61 Å². The molecule has 0 aliphatic rings. The van der Waals surface area contributed by atoms with Crippen molar-refractivity contribution in [3.8, 4) is 5.75 Å². The minimum atomic E-state index is -0.451. The SMILES string of the molecule is Cc1ccc(F)cc1NC(=O)COc1cc2ccccc2cc1C(=O)NCc1ccccc1. The van der Waals surface area contributed by atoms with Crippen LogP contribution in [-0.2, 0) is 11.3 Å². The second-order valence-electron chi connectivity index (χ2n) is 7.66. The lowest BCUT2D eigenvalue weighted by Gasteiger charge is -2.14. The Morgan fingerprint density at radius 2 is 1.58 bits per heavy atom. The van der Waals surface area contributed by atoms with Gasteiger partial charge in [-0.05, 0) is 53.1 Å². The summed E-state index contributed by atoms with van der Waals surface area (Å²) < 4.78 is 19.3. The molecule has 0 spiro atoms. The van der Waals surface area contributed by atoms with E-state index < -0.39 is 11.7 Å². The van der Waals surface area contributed by atoms with Crippen LogP contribution in [0.15, 0.2) is 84.9 Å². The van der Waals surface area contributed by atoms with E-state index in [1.807, 2.05) is 54.6 Å². The Bertz CT molecular complexity index is 1310. The first kappa shape index (κ1) is 22.0. The Balaban J connectivity index is 1.52. The van der Waals surface area contributed by atoms with E-state index in [1.165, 1.54) is 12.1 Å². The molecule has 166 valence electrons. The molecule has 0 aliphatic carbocycles. The van der Waals surface area contributed by atoms with Gasteiger partial charge in [-0.3, -0.25) is 9.59 Å². The van der Waals surface area contributed by atoms with Crippen LogP contribution >= 0.6 is 0 Å². The molecule has 0 radical (unpaired) electrons. The molecule has 0 heterocycles. The second kappa shape index (κ2) is 9.96. The van der Waals surface area contributed by atoms with Gasteiger partial charge in [0, 0.05) is 12.2 Å². The quantitative estimate of drug-likeness (QED) is 0.412. The van der Waals surface area contributed by atoms with Crippen LogP contribution in [0.25, 0.3) is 10.8 Å². The number of fused-ring (bicyclic) bond motifs is 1. The van der Waals surface area contributed by atoms with Gasteiger partial charge in [-0.25, -0.2) is 4.39 Å². The van der Waals surface area contributed by atoms with Crippen molar-refractivity contribution in [1.29, 1.82) is 0 Å². The van der Waals surface area contributed by atoms with Crippen LogP contribution in [0.5, 0.6) is 5.75 Å². The molecule has 0 saturated carbocycles. The van der Waals surface area contributed by atoms with Gasteiger partial charge in [-0.15, -0.1) is 0 Å². The normalized spacial score (nSPS) is 10.6. The number of halogens is 1. The van der Waals surface area contributed by atoms with Crippen molar-refractivity contribution >= 4 is 28.3 Å². The molecule has 5 nitrogen and oxygen atoms in total. The highest BCUT2D eigenvalue weighted by Crippen LogP contribution is 2.26. The molecule has 33 heavy (non-hydrogen) atoms. The Morgan fingerprint density at radius 3 is 2.33 bits per heavy atom. The fourth-order valence-electron chi connectivity index (χ4n) is 3.45. The fraction of sp³-hybridized carbons (Fsp3) is 0.111. The maximum atomic E-state index is 13.5. The fourth-order valence-corrected chi connectivity index (χ4v) is 3.45. The standard InChI is InChI=1S/C27H23FN2O3/c1-18-11-12-22(28)15-24(18)30-26(31)17-33-25-14-21-10-6-5-9-20(21)13-23(25)27(32)29-16-19-7-3-2-4-8-19/h2-15H,16-17H2,1H3,(H,29,32)(H,30,31). The highest BCUT2D eigenvalue weighted by atomic mass is 19.1. The van der Waals surface area contributed by atoms with Crippen LogP contribution in [0, 0.1) is 12.7 Å². The zero-order chi connectivity index (χ0) is 23.2. The Morgan fingerprint density at radius 1 is 0.879 bits per heavy atom. The number of benzene rings is 4. The van der Waals surface area contributed by atoms with Crippen molar-refractivity contribution in [2.45, 2.75) is 13.5 Å². The van der Waals surface area contributed by atoms with Gasteiger partial charge in [0.05, 0.1) is 5.56 Å². The molecular formula is C27H23FN2O3. The summed E-state index contributed by atoms with van der Waals surface area (Å²) in [6, 6.07) is 24.8. The molecule has 0 bridgehead atoms. The average Bonchev–Trinajstić information content (AvgIpc) is 2.83. The Hall–Kier alpha value is -4.19. The van der Waals surface area contributed by atoms with E-state index in [9.17, 15) is 14.0 Å². The maximum absolute atomic E-state index is 13.5. The summed E-state index contributed by atoms with van der Waals surface area (Å²) in [6.45, 7) is 1.81. The molecule has 0 unspecified atom stereocenters. The lowest BCUT2D eigenvalue weighted by molar-refractivity contribution is -0.118. The summed E-state index contributed by atoms with van der Waals surface area (Å²) in [7, 11) is 0. The molecule has 4 aromatic carbocycles. The van der Waals surface area contributed by atoms with Crippen LogP contribution in [0.1, 0.15) is 21.5 Å². The molecule has 0 aromatic heterocycles. The van der Waals surface area contributed by atoms with E-state index in [2.05, 4.69) is 10.6 Å². The topological polar surface area (TPSA) is 67.4 Å². The highest BCUT2D eigenvalue weighted by Gasteiger charge is 2.16. The number of hydrogen-bond donors (Lipinski definition) is 2. The maximum Gasteiger partial charge on any atom is 0.262 e. The Labute approximate surface area is 191 Å². The molecule has 6 heteroatoms. The average molecular weight is 442 g/mol. The molecule has 0 saturated heterocycles. The van der Waals surface area contributed by atoms with Crippen LogP contribution in [-0.4, -0.2) is 18.4 Å². The van der Waals surface area contributed by atoms with Crippen molar-refractivity contribution in [3.05, 3.63) is 107 Å². The number of ether oxygens (including phenoxy) is 1. The number of hydrogen-bond acceptors (Lipinski definition) is 3. The van der Waals surface area contributed by atoms with Gasteiger partial charge in [0.1, 0.15) is 11.6 Å². The number of amides is 2. The van der Waals surface area contributed by atoms with E-state index in [4.69, 9.17) is 4.74 Å². The van der Waals surface area contributed by atoms with Gasteiger partial charge >= 0.3 is 0 Å². The van der Waals surface area contributed by atoms with E-state index in [0.717, 1.165) is 21.9 Å². The highest BCUT2D eigenvalue weighted by molar-refractivity contribution is 6.02. The number of nitrogens with one attached hydrogen (secondary N) is 2. The molecule has 0 fully saturated rings. The van der Waals surface area contributed by atoms with Gasteiger partial charge in [0.2, 0.25) is 0 Å². The zero-order valence-electron chi connectivity index (χ0n) is 18.1. The number of rotatable bonds is 7. The largest absolute Gasteiger partial charge is 0.483 e. The molecule has 0 aliphatic heterocycles. The van der Waals surface area contributed by atoms with Gasteiger partial charge < -0.3 is 15.4 Å². The first-order valence-electron chi connectivity index (χ1n) is 10.5. The number of carbonyl (C=O) groups excluding carboxylic acids is 2. The number of carbonyl (C=O) groups is 2. The molecule has 2 amide bonds. The van der Waals surface area contributed by atoms with Crippen molar-refractivity contribution in [2.24, 2.45) is 0 Å². The molecular weight excluding hydrogens is 419 g/mol. The van der Waals surface area contributed by atoms with Gasteiger partial charge in [0.25, 0.3) is 11.8 Å². The lowest BCUT2D eigenvalue weighted by Crippen LogP contribution is -2.25. The zero-order valence-corrected chi connectivity index (χ0v) is 18.1. The molecule has 4 rings (SSSR count). The van der Waals surface area contributed by atoms with E-state index in [1.54, 1.807) is 25.1 Å². The van der Waals surface area contributed by atoms with E-state index >= 15 is 0 Å². The van der Waals surface area contributed by atoms with Crippen molar-refractivity contribution in [2.75, 3.05) is 11.9 Å². The van der Waals surface area contributed by atoms with Crippen molar-refractivity contribution in [3.63, 3.8) is 0 Å². The lowest BCUT2D eigenvalue weighted by atomic mass is 10.1.